The number of Topliss-reactive ketones (excluding diaryl/α,β-unsaturated/α-hetero) is 2. The predicted octanol–water partition coefficient (Wildman–Crippen LogP) is 6.91. The summed E-state index contributed by atoms with van der Waals surface area (Å²) in [7, 11) is 0. The SMILES string of the molecule is CCCCCCCC/C=C\CCCCCCCC(=O)C(OC(C)C)C(=O)CC(=O)OCC. The van der Waals surface area contributed by atoms with E-state index in [9.17, 15) is 14.4 Å². The molecule has 1 atom stereocenters. The molecule has 0 aromatic rings. The number of esters is 1. The number of carbonyl (C=O) groups excluding carboxylic acids is 3. The van der Waals surface area contributed by atoms with Gasteiger partial charge in [-0.15, -0.1) is 0 Å². The molecule has 0 saturated carbocycles. The zero-order valence-corrected chi connectivity index (χ0v) is 21.2. The van der Waals surface area contributed by atoms with E-state index in [-0.39, 0.29) is 18.5 Å². The number of hydrogen-bond acceptors (Lipinski definition) is 5. The summed E-state index contributed by atoms with van der Waals surface area (Å²) in [6.45, 7) is 7.70. The second-order valence-electron chi connectivity index (χ2n) is 8.81. The van der Waals surface area contributed by atoms with Crippen molar-refractivity contribution in [2.75, 3.05) is 6.61 Å². The van der Waals surface area contributed by atoms with Gasteiger partial charge < -0.3 is 9.47 Å². The van der Waals surface area contributed by atoms with E-state index in [0.717, 1.165) is 32.1 Å². The van der Waals surface area contributed by atoms with E-state index in [2.05, 4.69) is 19.1 Å². The largest absolute Gasteiger partial charge is 0.466 e. The molecule has 0 fully saturated rings. The van der Waals surface area contributed by atoms with Gasteiger partial charge in [0.15, 0.2) is 17.7 Å². The van der Waals surface area contributed by atoms with Gasteiger partial charge in [0.25, 0.3) is 0 Å². The minimum atomic E-state index is -1.16. The number of allylic oxidation sites excluding steroid dienone is 2. The lowest BCUT2D eigenvalue weighted by Crippen LogP contribution is -2.36. The van der Waals surface area contributed by atoms with Crippen molar-refractivity contribution >= 4 is 17.5 Å². The first kappa shape index (κ1) is 30.5. The van der Waals surface area contributed by atoms with Gasteiger partial charge in [-0.1, -0.05) is 70.4 Å². The highest BCUT2D eigenvalue weighted by Gasteiger charge is 2.29. The van der Waals surface area contributed by atoms with Crippen molar-refractivity contribution < 1.29 is 23.9 Å². The first-order valence-corrected chi connectivity index (χ1v) is 12.9. The maximum absolute atomic E-state index is 12.5. The van der Waals surface area contributed by atoms with Crippen LogP contribution in [-0.2, 0) is 23.9 Å². The van der Waals surface area contributed by atoms with E-state index in [1.807, 2.05) is 0 Å². The fourth-order valence-electron chi connectivity index (χ4n) is 3.55. The van der Waals surface area contributed by atoms with Gasteiger partial charge in [0.1, 0.15) is 6.42 Å². The van der Waals surface area contributed by atoms with Crippen LogP contribution >= 0.6 is 0 Å². The van der Waals surface area contributed by atoms with Crippen molar-refractivity contribution in [3.63, 3.8) is 0 Å². The summed E-state index contributed by atoms with van der Waals surface area (Å²) in [4.78, 5) is 36.4. The number of rotatable bonds is 22. The lowest BCUT2D eigenvalue weighted by atomic mass is 10.0. The molecule has 0 aliphatic carbocycles. The van der Waals surface area contributed by atoms with E-state index in [4.69, 9.17) is 9.47 Å². The van der Waals surface area contributed by atoms with Crippen LogP contribution in [0, 0.1) is 0 Å². The Hall–Kier alpha value is -1.49. The molecule has 0 aromatic heterocycles. The molecule has 0 aliphatic rings. The van der Waals surface area contributed by atoms with Crippen LogP contribution in [0.15, 0.2) is 12.2 Å². The van der Waals surface area contributed by atoms with Gasteiger partial charge in [-0.25, -0.2) is 0 Å². The molecule has 5 nitrogen and oxygen atoms in total. The van der Waals surface area contributed by atoms with Crippen molar-refractivity contribution in [1.82, 2.24) is 0 Å². The summed E-state index contributed by atoms with van der Waals surface area (Å²) >= 11 is 0. The zero-order chi connectivity index (χ0) is 24.0. The summed E-state index contributed by atoms with van der Waals surface area (Å²) in [5.41, 5.74) is 0. The summed E-state index contributed by atoms with van der Waals surface area (Å²) in [6, 6.07) is 0. The zero-order valence-electron chi connectivity index (χ0n) is 21.2. The van der Waals surface area contributed by atoms with Crippen molar-refractivity contribution in [2.45, 2.75) is 136 Å². The van der Waals surface area contributed by atoms with E-state index >= 15 is 0 Å². The molecular weight excluding hydrogens is 404 g/mol. The highest BCUT2D eigenvalue weighted by molar-refractivity contribution is 6.10. The Morgan fingerprint density at radius 2 is 1.25 bits per heavy atom. The molecule has 0 amide bonds. The molecule has 0 aliphatic heterocycles. The molecule has 0 spiro atoms. The molecule has 0 radical (unpaired) electrons. The Bertz CT molecular complexity index is 524. The Morgan fingerprint density at radius 3 is 1.78 bits per heavy atom. The average molecular weight is 453 g/mol. The topological polar surface area (TPSA) is 69.7 Å². The first-order chi connectivity index (χ1) is 15.4. The maximum Gasteiger partial charge on any atom is 0.313 e. The Labute approximate surface area is 196 Å². The van der Waals surface area contributed by atoms with Crippen molar-refractivity contribution in [3.05, 3.63) is 12.2 Å². The average Bonchev–Trinajstić information content (AvgIpc) is 2.74. The molecule has 0 rings (SSSR count). The highest BCUT2D eigenvalue weighted by Crippen LogP contribution is 2.13. The maximum atomic E-state index is 12.5. The van der Waals surface area contributed by atoms with Crippen LogP contribution in [0.4, 0.5) is 0 Å². The van der Waals surface area contributed by atoms with Crippen molar-refractivity contribution in [3.8, 4) is 0 Å². The van der Waals surface area contributed by atoms with Crippen LogP contribution in [0.1, 0.15) is 124 Å². The second-order valence-corrected chi connectivity index (χ2v) is 8.81. The van der Waals surface area contributed by atoms with Crippen LogP contribution in [0.5, 0.6) is 0 Å². The van der Waals surface area contributed by atoms with Crippen LogP contribution in [0.25, 0.3) is 0 Å². The standard InChI is InChI=1S/C27H48O5/c1-5-7-8-9-10-11-12-13-14-15-16-17-18-19-20-21-24(28)27(32-23(3)4)25(29)22-26(30)31-6-2/h13-14,23,27H,5-12,15-22H2,1-4H3/b14-13-. The molecule has 0 N–H and O–H groups in total. The lowest BCUT2D eigenvalue weighted by molar-refractivity contribution is -0.152. The molecule has 1 unspecified atom stereocenters. The van der Waals surface area contributed by atoms with E-state index in [0.29, 0.717) is 6.42 Å². The van der Waals surface area contributed by atoms with E-state index < -0.39 is 24.3 Å². The highest BCUT2D eigenvalue weighted by atomic mass is 16.5. The minimum Gasteiger partial charge on any atom is -0.466 e. The summed E-state index contributed by atoms with van der Waals surface area (Å²) < 4.78 is 10.3. The van der Waals surface area contributed by atoms with Crippen LogP contribution in [0.3, 0.4) is 0 Å². The second kappa shape index (κ2) is 21.4. The predicted molar refractivity (Wildman–Crippen MR) is 131 cm³/mol. The number of ketones is 2. The normalized spacial score (nSPS) is 12.4. The molecule has 0 aromatic carbocycles. The number of hydrogen-bond donors (Lipinski definition) is 0. The third-order valence-electron chi connectivity index (χ3n) is 5.30. The van der Waals surface area contributed by atoms with Crippen molar-refractivity contribution in [1.29, 1.82) is 0 Å². The molecular formula is C27H48O5. The summed E-state index contributed by atoms with van der Waals surface area (Å²) in [5, 5.41) is 0. The first-order valence-electron chi connectivity index (χ1n) is 12.9. The van der Waals surface area contributed by atoms with Crippen molar-refractivity contribution in [2.24, 2.45) is 0 Å². The van der Waals surface area contributed by atoms with Crippen LogP contribution in [0.2, 0.25) is 0 Å². The van der Waals surface area contributed by atoms with Crippen LogP contribution in [-0.4, -0.2) is 36.4 Å². The fraction of sp³-hybridized carbons (Fsp3) is 0.815. The molecule has 0 saturated heterocycles. The number of ether oxygens (including phenoxy) is 2. The van der Waals surface area contributed by atoms with E-state index in [1.54, 1.807) is 20.8 Å². The third kappa shape index (κ3) is 18.1. The molecule has 186 valence electrons. The van der Waals surface area contributed by atoms with Gasteiger partial charge in [0.05, 0.1) is 12.7 Å². The number of unbranched alkanes of at least 4 members (excludes halogenated alkanes) is 11. The van der Waals surface area contributed by atoms with Gasteiger partial charge in [-0.2, -0.15) is 0 Å². The molecule has 0 heterocycles. The number of carbonyl (C=O) groups is 3. The van der Waals surface area contributed by atoms with Gasteiger partial charge in [-0.05, 0) is 52.9 Å². The smallest absolute Gasteiger partial charge is 0.313 e. The Balaban J connectivity index is 3.90. The molecule has 32 heavy (non-hydrogen) atoms. The quantitative estimate of drug-likeness (QED) is 0.0772. The van der Waals surface area contributed by atoms with Gasteiger partial charge in [0, 0.05) is 6.42 Å². The fourth-order valence-corrected chi connectivity index (χ4v) is 3.55. The summed E-state index contributed by atoms with van der Waals surface area (Å²) in [5.74, 6) is -1.34. The lowest BCUT2D eigenvalue weighted by Gasteiger charge is -2.18. The monoisotopic (exact) mass is 452 g/mol. The van der Waals surface area contributed by atoms with Gasteiger partial charge in [0.2, 0.25) is 0 Å². The van der Waals surface area contributed by atoms with Gasteiger partial charge in [-0.3, -0.25) is 14.4 Å². The van der Waals surface area contributed by atoms with Crippen LogP contribution < -0.4 is 0 Å². The molecule has 0 bridgehead atoms. The Morgan fingerprint density at radius 1 is 0.719 bits per heavy atom. The Kier molecular flexibility index (Phi) is 20.4. The third-order valence-corrected chi connectivity index (χ3v) is 5.30. The minimum absolute atomic E-state index is 0.213. The summed E-state index contributed by atoms with van der Waals surface area (Å²) in [6.07, 6.45) is 18.6. The molecule has 5 heteroatoms. The van der Waals surface area contributed by atoms with E-state index in [1.165, 1.54) is 51.4 Å². The van der Waals surface area contributed by atoms with Gasteiger partial charge >= 0.3 is 5.97 Å².